The first kappa shape index (κ1) is 13.6. The van der Waals surface area contributed by atoms with E-state index in [1.807, 2.05) is 0 Å². The number of fused-ring (bicyclic) bond motifs is 3. The molecule has 6 aliphatic rings. The van der Waals surface area contributed by atoms with Crippen molar-refractivity contribution >= 4 is 5.97 Å². The highest BCUT2D eigenvalue weighted by atomic mass is 16.4. The number of carbonyl (C=O) groups is 1. The van der Waals surface area contributed by atoms with Crippen LogP contribution in [0.2, 0.25) is 0 Å². The predicted octanol–water partition coefficient (Wildman–Crippen LogP) is 4.51. The molecule has 0 heterocycles. The van der Waals surface area contributed by atoms with Crippen LogP contribution in [-0.4, -0.2) is 11.1 Å². The summed E-state index contributed by atoms with van der Waals surface area (Å²) < 4.78 is 0. The van der Waals surface area contributed by atoms with Crippen LogP contribution in [0.15, 0.2) is 12.2 Å². The van der Waals surface area contributed by atoms with E-state index in [1.54, 1.807) is 0 Å². The number of hydrogen-bond donors (Lipinski definition) is 1. The van der Waals surface area contributed by atoms with Crippen LogP contribution in [0, 0.1) is 46.3 Å². The normalized spacial score (nSPS) is 57.7. The highest BCUT2D eigenvalue weighted by Crippen LogP contribution is 2.75. The van der Waals surface area contributed by atoms with E-state index in [9.17, 15) is 9.90 Å². The van der Waals surface area contributed by atoms with E-state index < -0.39 is 5.97 Å². The maximum Gasteiger partial charge on any atom is 0.307 e. The lowest BCUT2D eigenvalue weighted by atomic mass is 9.37. The zero-order valence-electron chi connectivity index (χ0n) is 13.6. The summed E-state index contributed by atoms with van der Waals surface area (Å²) in [6, 6.07) is 0. The molecular formula is C20H28O2. The predicted molar refractivity (Wildman–Crippen MR) is 85.2 cm³/mol. The van der Waals surface area contributed by atoms with Gasteiger partial charge >= 0.3 is 5.97 Å². The second-order valence-corrected chi connectivity index (χ2v) is 9.19. The Morgan fingerprint density at radius 3 is 2.23 bits per heavy atom. The van der Waals surface area contributed by atoms with Gasteiger partial charge in [-0.15, -0.1) is 0 Å². The molecule has 0 aromatic rings. The molecule has 2 nitrogen and oxygen atoms in total. The molecule has 0 saturated heterocycles. The van der Waals surface area contributed by atoms with Gasteiger partial charge in [0.2, 0.25) is 0 Å². The van der Waals surface area contributed by atoms with Crippen molar-refractivity contribution in [1.82, 2.24) is 0 Å². The molecule has 5 fully saturated rings. The average molecular weight is 300 g/mol. The lowest BCUT2D eigenvalue weighted by molar-refractivity contribution is -0.185. The number of allylic oxidation sites excluding steroid dienone is 2. The van der Waals surface area contributed by atoms with Crippen molar-refractivity contribution in [2.45, 2.75) is 58.3 Å². The topological polar surface area (TPSA) is 37.3 Å². The first-order valence-corrected chi connectivity index (χ1v) is 9.51. The number of hydrogen-bond acceptors (Lipinski definition) is 1. The maximum absolute atomic E-state index is 12.1. The van der Waals surface area contributed by atoms with E-state index >= 15 is 0 Å². The number of aliphatic carboxylic acids is 1. The highest BCUT2D eigenvalue weighted by Gasteiger charge is 2.69. The summed E-state index contributed by atoms with van der Waals surface area (Å²) in [5.74, 6) is 3.44. The molecule has 1 N–H and O–H groups in total. The molecule has 6 aliphatic carbocycles. The molecule has 0 aromatic carbocycles. The molecule has 0 aliphatic heterocycles. The summed E-state index contributed by atoms with van der Waals surface area (Å²) >= 11 is 0. The lowest BCUT2D eigenvalue weighted by Crippen LogP contribution is -2.61. The minimum atomic E-state index is -0.520. The maximum atomic E-state index is 12.1. The fourth-order valence-corrected chi connectivity index (χ4v) is 8.49. The first-order chi connectivity index (χ1) is 10.6. The number of carboxylic acid groups (broad SMARTS) is 1. The Bertz CT molecular complexity index is 520. The van der Waals surface area contributed by atoms with Crippen molar-refractivity contribution in [1.29, 1.82) is 0 Å². The third-order valence-corrected chi connectivity index (χ3v) is 8.77. The highest BCUT2D eigenvalue weighted by molar-refractivity contribution is 5.73. The standard InChI is InChI=1S/C20H28O2/c1-2-20(15-6-13-5-14(8-15)9-16(20)7-13)19-4-3-12(11-19)10-17(19)18(21)22/h3-4,12-17H,2,5-11H2,1H3,(H,21,22). The zero-order chi connectivity index (χ0) is 15.1. The summed E-state index contributed by atoms with van der Waals surface area (Å²) in [5, 5.41) is 9.93. The van der Waals surface area contributed by atoms with E-state index in [2.05, 4.69) is 19.1 Å². The van der Waals surface area contributed by atoms with Gasteiger partial charge < -0.3 is 5.11 Å². The molecule has 3 unspecified atom stereocenters. The third-order valence-electron chi connectivity index (χ3n) is 8.77. The van der Waals surface area contributed by atoms with Gasteiger partial charge in [-0.05, 0) is 86.4 Å². The molecule has 2 heteroatoms. The number of carboxylic acids is 1. The fourth-order valence-electron chi connectivity index (χ4n) is 8.49. The van der Waals surface area contributed by atoms with Gasteiger partial charge in [-0.25, -0.2) is 0 Å². The van der Waals surface area contributed by atoms with E-state index in [-0.39, 0.29) is 11.3 Å². The Hall–Kier alpha value is -0.790. The smallest absolute Gasteiger partial charge is 0.307 e. The average Bonchev–Trinajstić information content (AvgIpc) is 3.06. The molecule has 0 spiro atoms. The molecule has 6 bridgehead atoms. The second-order valence-electron chi connectivity index (χ2n) is 9.19. The van der Waals surface area contributed by atoms with Crippen LogP contribution in [-0.2, 0) is 4.79 Å². The number of rotatable bonds is 3. The van der Waals surface area contributed by atoms with Crippen molar-refractivity contribution < 1.29 is 9.90 Å². The Morgan fingerprint density at radius 2 is 1.73 bits per heavy atom. The van der Waals surface area contributed by atoms with Crippen LogP contribution >= 0.6 is 0 Å². The minimum absolute atomic E-state index is 0.0130. The first-order valence-electron chi connectivity index (χ1n) is 9.51. The summed E-state index contributed by atoms with van der Waals surface area (Å²) in [4.78, 5) is 12.1. The van der Waals surface area contributed by atoms with Crippen LogP contribution < -0.4 is 0 Å². The third kappa shape index (κ3) is 1.37. The molecule has 0 amide bonds. The van der Waals surface area contributed by atoms with Gasteiger partial charge in [0.05, 0.1) is 5.92 Å². The molecule has 0 aromatic heterocycles. The lowest BCUT2D eigenvalue weighted by Gasteiger charge is -2.67. The Balaban J connectivity index is 1.65. The van der Waals surface area contributed by atoms with Crippen molar-refractivity contribution in [3.8, 4) is 0 Å². The Kier molecular flexibility index (Phi) is 2.59. The van der Waals surface area contributed by atoms with Gasteiger partial charge in [-0.2, -0.15) is 0 Å². The molecular weight excluding hydrogens is 272 g/mol. The largest absolute Gasteiger partial charge is 0.481 e. The van der Waals surface area contributed by atoms with E-state index in [4.69, 9.17) is 0 Å². The molecule has 120 valence electrons. The quantitative estimate of drug-likeness (QED) is 0.779. The van der Waals surface area contributed by atoms with Crippen LogP contribution in [0.1, 0.15) is 58.3 Å². The summed E-state index contributed by atoms with van der Waals surface area (Å²) in [6.07, 6.45) is 15.1. The summed E-state index contributed by atoms with van der Waals surface area (Å²) in [7, 11) is 0. The van der Waals surface area contributed by atoms with Gasteiger partial charge in [-0.3, -0.25) is 4.79 Å². The molecule has 5 saturated carbocycles. The van der Waals surface area contributed by atoms with Gasteiger partial charge in [0.25, 0.3) is 0 Å². The van der Waals surface area contributed by atoms with Gasteiger partial charge in [0.15, 0.2) is 0 Å². The molecule has 22 heavy (non-hydrogen) atoms. The van der Waals surface area contributed by atoms with Crippen LogP contribution in [0.25, 0.3) is 0 Å². The molecule has 6 rings (SSSR count). The SMILES string of the molecule is CCC1(C23C=CC(CC2C(=O)O)C3)C2CC3CC(C2)CC1C3. The minimum Gasteiger partial charge on any atom is -0.481 e. The molecule has 0 radical (unpaired) electrons. The van der Waals surface area contributed by atoms with Crippen molar-refractivity contribution in [3.05, 3.63) is 12.2 Å². The van der Waals surface area contributed by atoms with Crippen LogP contribution in [0.5, 0.6) is 0 Å². The Labute approximate surface area is 133 Å². The monoisotopic (exact) mass is 300 g/mol. The second kappa shape index (κ2) is 4.19. The van der Waals surface area contributed by atoms with Gasteiger partial charge in [0, 0.05) is 5.41 Å². The molecule has 3 atom stereocenters. The van der Waals surface area contributed by atoms with E-state index in [0.717, 1.165) is 36.5 Å². The van der Waals surface area contributed by atoms with Crippen molar-refractivity contribution in [2.24, 2.45) is 46.3 Å². The van der Waals surface area contributed by atoms with E-state index in [0.29, 0.717) is 11.3 Å². The van der Waals surface area contributed by atoms with Gasteiger partial charge in [-0.1, -0.05) is 19.1 Å². The summed E-state index contributed by atoms with van der Waals surface area (Å²) in [5.41, 5.74) is 0.284. The summed E-state index contributed by atoms with van der Waals surface area (Å²) in [6.45, 7) is 2.37. The van der Waals surface area contributed by atoms with Crippen molar-refractivity contribution in [2.75, 3.05) is 0 Å². The fraction of sp³-hybridized carbons (Fsp3) is 0.850. The van der Waals surface area contributed by atoms with E-state index in [1.165, 1.54) is 38.5 Å². The van der Waals surface area contributed by atoms with Gasteiger partial charge in [0.1, 0.15) is 0 Å². The zero-order valence-corrected chi connectivity index (χ0v) is 13.6. The van der Waals surface area contributed by atoms with Crippen molar-refractivity contribution in [3.63, 3.8) is 0 Å². The van der Waals surface area contributed by atoms with Crippen LogP contribution in [0.3, 0.4) is 0 Å². The van der Waals surface area contributed by atoms with Crippen LogP contribution in [0.4, 0.5) is 0 Å². The Morgan fingerprint density at radius 1 is 1.09 bits per heavy atom.